The highest BCUT2D eigenvalue weighted by molar-refractivity contribution is 5.77. The van der Waals surface area contributed by atoms with Crippen LogP contribution in [-0.4, -0.2) is 44.4 Å². The first-order chi connectivity index (χ1) is 9.56. The fourth-order valence-corrected chi connectivity index (χ4v) is 1.47. The number of carboxylic acid groups (broad SMARTS) is 1. The number of methoxy groups -OCH3 is 2. The zero-order valence-electron chi connectivity index (χ0n) is 11.3. The van der Waals surface area contributed by atoms with Crippen molar-refractivity contribution in [3.8, 4) is 11.5 Å². The first-order valence-electron chi connectivity index (χ1n) is 5.84. The molecule has 1 aromatic rings. The normalized spacial score (nSPS) is 9.90. The van der Waals surface area contributed by atoms with Crippen molar-refractivity contribution in [3.05, 3.63) is 23.8 Å². The molecule has 1 rings (SSSR count). The van der Waals surface area contributed by atoms with Crippen molar-refractivity contribution in [3.63, 3.8) is 0 Å². The summed E-state index contributed by atoms with van der Waals surface area (Å²) in [5, 5.41) is 11.0. The number of hydrogen-bond donors (Lipinski definition) is 2. The van der Waals surface area contributed by atoms with Gasteiger partial charge < -0.3 is 24.6 Å². The van der Waals surface area contributed by atoms with E-state index in [1.54, 1.807) is 25.3 Å². The number of amides is 1. The fourth-order valence-electron chi connectivity index (χ4n) is 1.47. The molecule has 0 spiro atoms. The molecule has 0 saturated carbocycles. The highest BCUT2D eigenvalue weighted by Gasteiger charge is 2.07. The van der Waals surface area contributed by atoms with Crippen LogP contribution in [0.15, 0.2) is 18.2 Å². The molecule has 0 fully saturated rings. The second kappa shape index (κ2) is 8.00. The van der Waals surface area contributed by atoms with Gasteiger partial charge in [0.05, 0.1) is 14.2 Å². The molecule has 0 radical (unpaired) electrons. The Morgan fingerprint density at radius 3 is 2.45 bits per heavy atom. The van der Waals surface area contributed by atoms with Crippen LogP contribution in [0.4, 0.5) is 0 Å². The molecule has 0 aliphatic heterocycles. The highest BCUT2D eigenvalue weighted by atomic mass is 16.5. The third-order valence-corrected chi connectivity index (χ3v) is 2.40. The lowest BCUT2D eigenvalue weighted by atomic mass is 10.2. The molecule has 1 amide bonds. The van der Waals surface area contributed by atoms with Crippen LogP contribution in [0.2, 0.25) is 0 Å². The number of hydrogen-bond acceptors (Lipinski definition) is 5. The number of ether oxygens (including phenoxy) is 3. The minimum atomic E-state index is -1.11. The summed E-state index contributed by atoms with van der Waals surface area (Å²) in [5.41, 5.74) is 0.828. The molecule has 0 aliphatic carbocycles. The maximum atomic E-state index is 11.4. The van der Waals surface area contributed by atoms with E-state index in [0.29, 0.717) is 11.5 Å². The maximum Gasteiger partial charge on any atom is 0.329 e. The molecule has 7 heteroatoms. The molecule has 0 atom stereocenters. The van der Waals surface area contributed by atoms with Gasteiger partial charge in [-0.25, -0.2) is 4.79 Å². The van der Waals surface area contributed by atoms with E-state index < -0.39 is 12.6 Å². The van der Waals surface area contributed by atoms with Crippen LogP contribution in [0.5, 0.6) is 11.5 Å². The third kappa shape index (κ3) is 5.15. The van der Waals surface area contributed by atoms with Crippen LogP contribution in [-0.2, 0) is 20.9 Å². The van der Waals surface area contributed by atoms with Crippen molar-refractivity contribution in [2.45, 2.75) is 6.54 Å². The Bertz CT molecular complexity index is 474. The number of carboxylic acids is 1. The number of nitrogens with one attached hydrogen (secondary N) is 1. The van der Waals surface area contributed by atoms with E-state index in [2.05, 4.69) is 10.1 Å². The van der Waals surface area contributed by atoms with Crippen molar-refractivity contribution in [1.29, 1.82) is 0 Å². The van der Waals surface area contributed by atoms with E-state index in [9.17, 15) is 9.59 Å². The summed E-state index contributed by atoms with van der Waals surface area (Å²) in [6.45, 7) is -0.501. The van der Waals surface area contributed by atoms with Gasteiger partial charge in [-0.3, -0.25) is 4.79 Å². The zero-order chi connectivity index (χ0) is 15.0. The molecule has 1 aromatic carbocycles. The smallest absolute Gasteiger partial charge is 0.329 e. The Morgan fingerprint density at radius 2 is 1.85 bits per heavy atom. The Labute approximate surface area is 116 Å². The predicted octanol–water partition coefficient (Wildman–Crippen LogP) is 0.421. The van der Waals surface area contributed by atoms with Gasteiger partial charge in [0, 0.05) is 6.54 Å². The Kier molecular flexibility index (Phi) is 6.31. The van der Waals surface area contributed by atoms with Crippen LogP contribution in [0.1, 0.15) is 5.56 Å². The quantitative estimate of drug-likeness (QED) is 0.718. The van der Waals surface area contributed by atoms with Gasteiger partial charge in [0.15, 0.2) is 11.5 Å². The largest absolute Gasteiger partial charge is 0.493 e. The van der Waals surface area contributed by atoms with Gasteiger partial charge in [-0.1, -0.05) is 6.07 Å². The number of aliphatic carboxylic acids is 1. The molecule has 110 valence electrons. The molecule has 0 heterocycles. The number of rotatable bonds is 8. The van der Waals surface area contributed by atoms with E-state index >= 15 is 0 Å². The van der Waals surface area contributed by atoms with E-state index in [0.717, 1.165) is 5.56 Å². The van der Waals surface area contributed by atoms with Crippen LogP contribution in [0, 0.1) is 0 Å². The number of carbonyl (C=O) groups excluding carboxylic acids is 1. The second-order valence-electron chi connectivity index (χ2n) is 3.85. The van der Waals surface area contributed by atoms with Gasteiger partial charge >= 0.3 is 5.97 Å². The van der Waals surface area contributed by atoms with Crippen LogP contribution in [0.25, 0.3) is 0 Å². The molecule has 0 bridgehead atoms. The summed E-state index contributed by atoms with van der Waals surface area (Å²) in [5.74, 6) is -0.326. The Morgan fingerprint density at radius 1 is 1.15 bits per heavy atom. The van der Waals surface area contributed by atoms with Gasteiger partial charge in [0.1, 0.15) is 13.2 Å². The average Bonchev–Trinajstić information content (AvgIpc) is 2.44. The average molecular weight is 283 g/mol. The molecule has 7 nitrogen and oxygen atoms in total. The van der Waals surface area contributed by atoms with Gasteiger partial charge in [-0.05, 0) is 17.7 Å². The molecule has 0 aliphatic rings. The van der Waals surface area contributed by atoms with Crippen molar-refractivity contribution in [2.75, 3.05) is 27.4 Å². The maximum absolute atomic E-state index is 11.4. The van der Waals surface area contributed by atoms with Crippen molar-refractivity contribution in [1.82, 2.24) is 5.32 Å². The van der Waals surface area contributed by atoms with Gasteiger partial charge in [-0.15, -0.1) is 0 Å². The van der Waals surface area contributed by atoms with Crippen LogP contribution < -0.4 is 14.8 Å². The lowest BCUT2D eigenvalue weighted by molar-refractivity contribution is -0.143. The third-order valence-electron chi connectivity index (χ3n) is 2.40. The highest BCUT2D eigenvalue weighted by Crippen LogP contribution is 2.27. The molecular formula is C13H17NO6. The molecular weight excluding hydrogens is 266 g/mol. The summed E-state index contributed by atoms with van der Waals surface area (Å²) >= 11 is 0. The van der Waals surface area contributed by atoms with Crippen LogP contribution in [0.3, 0.4) is 0 Å². The molecule has 0 unspecified atom stereocenters. The standard InChI is InChI=1S/C13H17NO6/c1-18-10-4-3-9(5-11(10)19-2)6-14-12(15)7-20-8-13(16)17/h3-5H,6-8H2,1-2H3,(H,14,15)(H,16,17). The van der Waals surface area contributed by atoms with E-state index in [1.807, 2.05) is 0 Å². The van der Waals surface area contributed by atoms with Gasteiger partial charge in [-0.2, -0.15) is 0 Å². The van der Waals surface area contributed by atoms with Crippen LogP contribution >= 0.6 is 0 Å². The molecule has 2 N–H and O–H groups in total. The van der Waals surface area contributed by atoms with Crippen molar-refractivity contribution >= 4 is 11.9 Å². The van der Waals surface area contributed by atoms with Crippen molar-refractivity contribution < 1.29 is 28.9 Å². The van der Waals surface area contributed by atoms with E-state index in [1.165, 1.54) is 7.11 Å². The van der Waals surface area contributed by atoms with E-state index in [4.69, 9.17) is 14.6 Å². The fraction of sp³-hybridized carbons (Fsp3) is 0.385. The van der Waals surface area contributed by atoms with Gasteiger partial charge in [0.2, 0.25) is 5.91 Å². The summed E-state index contributed by atoms with van der Waals surface area (Å²) < 4.78 is 14.9. The zero-order valence-corrected chi connectivity index (χ0v) is 11.3. The minimum absolute atomic E-state index is 0.287. The van der Waals surface area contributed by atoms with E-state index in [-0.39, 0.29) is 19.1 Å². The van der Waals surface area contributed by atoms with Crippen molar-refractivity contribution in [2.24, 2.45) is 0 Å². The SMILES string of the molecule is COc1ccc(CNC(=O)COCC(=O)O)cc1OC. The first kappa shape index (κ1) is 15.8. The number of carbonyl (C=O) groups is 2. The second-order valence-corrected chi connectivity index (χ2v) is 3.85. The van der Waals surface area contributed by atoms with Gasteiger partial charge in [0.25, 0.3) is 0 Å². The predicted molar refractivity (Wildman–Crippen MR) is 69.8 cm³/mol. The summed E-state index contributed by atoms with van der Waals surface area (Å²) in [7, 11) is 3.07. The molecule has 0 saturated heterocycles. The monoisotopic (exact) mass is 283 g/mol. The topological polar surface area (TPSA) is 94.1 Å². The molecule has 20 heavy (non-hydrogen) atoms. The lowest BCUT2D eigenvalue weighted by Gasteiger charge is -2.10. The summed E-state index contributed by atoms with van der Waals surface area (Å²) in [6, 6.07) is 5.28. The number of benzene rings is 1. The Balaban J connectivity index is 2.45. The lowest BCUT2D eigenvalue weighted by Crippen LogP contribution is -2.28. The summed E-state index contributed by atoms with van der Waals surface area (Å²) in [6.07, 6.45) is 0. The Hall–Kier alpha value is -2.28. The minimum Gasteiger partial charge on any atom is -0.493 e. The molecule has 0 aromatic heterocycles. The summed E-state index contributed by atoms with van der Waals surface area (Å²) in [4.78, 5) is 21.6. The first-order valence-corrected chi connectivity index (χ1v) is 5.84.